The fraction of sp³-hybridized carbons (Fsp3) is 0.667. The number of hydrogen-bond acceptors (Lipinski definition) is 5. The second-order valence-corrected chi connectivity index (χ2v) is 10.4. The average Bonchev–Trinajstić information content (AvgIpc) is 3.46. The molecule has 0 spiro atoms. The molecule has 9 heteroatoms. The van der Waals surface area contributed by atoms with E-state index < -0.39 is 28.0 Å². The van der Waals surface area contributed by atoms with Crippen LogP contribution in [0, 0.1) is 11.7 Å². The number of halogens is 1. The predicted octanol–water partition coefficient (Wildman–Crippen LogP) is 2.70. The zero-order valence-electron chi connectivity index (χ0n) is 17.0. The van der Waals surface area contributed by atoms with Gasteiger partial charge in [-0.15, -0.1) is 0 Å². The van der Waals surface area contributed by atoms with Gasteiger partial charge in [-0.1, -0.05) is 19.3 Å². The second-order valence-electron chi connectivity index (χ2n) is 8.70. The SMILES string of the molecule is O=C(NS(=O)(=O)N1CCC(O)C1)c1cc(C2CC2)c(OCC2CCCCC2)cc1F. The topological polar surface area (TPSA) is 95.9 Å². The number of aliphatic hydroxyl groups excluding tert-OH is 1. The van der Waals surface area contributed by atoms with Crippen LogP contribution in [0.5, 0.6) is 5.75 Å². The zero-order chi connectivity index (χ0) is 21.3. The number of aliphatic hydroxyl groups is 1. The van der Waals surface area contributed by atoms with Gasteiger partial charge in [-0.25, -0.2) is 9.11 Å². The summed E-state index contributed by atoms with van der Waals surface area (Å²) in [5, 5.41) is 9.55. The van der Waals surface area contributed by atoms with Crippen LogP contribution in [-0.4, -0.2) is 49.5 Å². The quantitative estimate of drug-likeness (QED) is 0.680. The molecule has 30 heavy (non-hydrogen) atoms. The van der Waals surface area contributed by atoms with Crippen LogP contribution >= 0.6 is 0 Å². The number of rotatable bonds is 7. The number of carbonyl (C=O) groups is 1. The number of nitrogens with zero attached hydrogens (tertiary/aromatic N) is 1. The van der Waals surface area contributed by atoms with Gasteiger partial charge in [0.05, 0.1) is 18.3 Å². The van der Waals surface area contributed by atoms with E-state index in [1.54, 1.807) is 0 Å². The molecule has 0 bridgehead atoms. The molecule has 3 aliphatic rings. The van der Waals surface area contributed by atoms with Gasteiger partial charge in [-0.05, 0) is 55.6 Å². The van der Waals surface area contributed by atoms with E-state index in [4.69, 9.17) is 4.74 Å². The maximum atomic E-state index is 14.8. The van der Waals surface area contributed by atoms with E-state index in [1.165, 1.54) is 31.4 Å². The van der Waals surface area contributed by atoms with E-state index in [-0.39, 0.29) is 24.6 Å². The van der Waals surface area contributed by atoms with Crippen LogP contribution in [0.3, 0.4) is 0 Å². The molecule has 1 aromatic rings. The fourth-order valence-corrected chi connectivity index (χ4v) is 5.50. The summed E-state index contributed by atoms with van der Waals surface area (Å²) < 4.78 is 48.4. The van der Waals surface area contributed by atoms with Gasteiger partial charge in [0.25, 0.3) is 5.91 Å². The van der Waals surface area contributed by atoms with Crippen LogP contribution in [0.2, 0.25) is 0 Å². The van der Waals surface area contributed by atoms with Crippen molar-refractivity contribution in [3.63, 3.8) is 0 Å². The van der Waals surface area contributed by atoms with Crippen molar-refractivity contribution < 1.29 is 27.4 Å². The van der Waals surface area contributed by atoms with Crippen molar-refractivity contribution in [1.82, 2.24) is 9.03 Å². The highest BCUT2D eigenvalue weighted by Gasteiger charge is 2.34. The Morgan fingerprint density at radius 2 is 1.90 bits per heavy atom. The van der Waals surface area contributed by atoms with Crippen molar-refractivity contribution in [3.8, 4) is 5.75 Å². The molecule has 1 aliphatic heterocycles. The Morgan fingerprint density at radius 3 is 2.53 bits per heavy atom. The molecule has 1 saturated heterocycles. The predicted molar refractivity (Wildman–Crippen MR) is 109 cm³/mol. The van der Waals surface area contributed by atoms with Crippen LogP contribution in [0.1, 0.15) is 73.2 Å². The number of ether oxygens (including phenoxy) is 1. The summed E-state index contributed by atoms with van der Waals surface area (Å²) in [6, 6.07) is 2.66. The Hall–Kier alpha value is -1.71. The minimum absolute atomic E-state index is 0.0770. The van der Waals surface area contributed by atoms with Crippen molar-refractivity contribution in [2.75, 3.05) is 19.7 Å². The summed E-state index contributed by atoms with van der Waals surface area (Å²) in [7, 11) is -4.13. The lowest BCUT2D eigenvalue weighted by Crippen LogP contribution is -2.43. The summed E-state index contributed by atoms with van der Waals surface area (Å²) in [4.78, 5) is 12.6. The van der Waals surface area contributed by atoms with Gasteiger partial charge in [0.2, 0.25) is 0 Å². The third kappa shape index (κ3) is 4.95. The maximum absolute atomic E-state index is 14.8. The maximum Gasteiger partial charge on any atom is 0.304 e. The fourth-order valence-electron chi connectivity index (χ4n) is 4.31. The summed E-state index contributed by atoms with van der Waals surface area (Å²) in [6.07, 6.45) is 7.31. The van der Waals surface area contributed by atoms with Crippen LogP contribution in [0.15, 0.2) is 12.1 Å². The normalized spacial score (nSPS) is 23.5. The van der Waals surface area contributed by atoms with Crippen molar-refractivity contribution in [3.05, 3.63) is 29.1 Å². The standard InChI is InChI=1S/C21H29FN2O5S/c22-19-11-20(29-13-14-4-2-1-3-5-14)17(15-6-7-15)10-18(19)21(26)23-30(27,28)24-9-8-16(25)12-24/h10-11,14-16,25H,1-9,12-13H2,(H,23,26). The van der Waals surface area contributed by atoms with E-state index in [1.807, 2.05) is 4.72 Å². The summed E-state index contributed by atoms with van der Waals surface area (Å²) in [5.41, 5.74) is 0.469. The first-order valence-corrected chi connectivity index (χ1v) is 12.2. The highest BCUT2D eigenvalue weighted by Crippen LogP contribution is 2.45. The molecular weight excluding hydrogens is 411 g/mol. The Bertz CT molecular complexity index is 897. The lowest BCUT2D eigenvalue weighted by atomic mass is 9.90. The lowest BCUT2D eigenvalue weighted by Gasteiger charge is -2.23. The molecule has 0 radical (unpaired) electrons. The molecule has 2 saturated carbocycles. The van der Waals surface area contributed by atoms with Crippen LogP contribution < -0.4 is 9.46 Å². The van der Waals surface area contributed by atoms with Gasteiger partial charge in [0, 0.05) is 19.2 Å². The molecule has 1 heterocycles. The molecule has 1 unspecified atom stereocenters. The number of carbonyl (C=O) groups excluding carboxylic acids is 1. The Kier molecular flexibility index (Phi) is 6.31. The van der Waals surface area contributed by atoms with Gasteiger partial charge in [0.15, 0.2) is 0 Å². The van der Waals surface area contributed by atoms with E-state index >= 15 is 0 Å². The zero-order valence-corrected chi connectivity index (χ0v) is 17.8. The number of hydrogen-bond donors (Lipinski definition) is 2. The molecule has 1 aromatic carbocycles. The van der Waals surface area contributed by atoms with Crippen molar-refractivity contribution in [2.24, 2.45) is 5.92 Å². The third-order valence-electron chi connectivity index (χ3n) is 6.25. The van der Waals surface area contributed by atoms with Crippen LogP contribution in [-0.2, 0) is 10.2 Å². The van der Waals surface area contributed by atoms with Crippen molar-refractivity contribution >= 4 is 16.1 Å². The number of β-amino-alcohol motifs (C(OH)–C–C–N with tert-alkyl or cyclic N) is 1. The largest absolute Gasteiger partial charge is 0.493 e. The Morgan fingerprint density at radius 1 is 1.17 bits per heavy atom. The second kappa shape index (κ2) is 8.80. The Labute approximate surface area is 176 Å². The van der Waals surface area contributed by atoms with E-state index in [9.17, 15) is 22.7 Å². The first-order valence-electron chi connectivity index (χ1n) is 10.8. The molecule has 2 N–H and O–H groups in total. The molecular formula is C21H29FN2O5S. The molecule has 3 fully saturated rings. The monoisotopic (exact) mass is 440 g/mol. The van der Waals surface area contributed by atoms with Crippen molar-refractivity contribution in [1.29, 1.82) is 0 Å². The molecule has 2 aliphatic carbocycles. The van der Waals surface area contributed by atoms with E-state index in [2.05, 4.69) is 0 Å². The highest BCUT2D eigenvalue weighted by molar-refractivity contribution is 7.87. The molecule has 1 amide bonds. The molecule has 1 atom stereocenters. The minimum atomic E-state index is -4.13. The number of benzene rings is 1. The smallest absolute Gasteiger partial charge is 0.304 e. The lowest BCUT2D eigenvalue weighted by molar-refractivity contribution is 0.0974. The first kappa shape index (κ1) is 21.5. The van der Waals surface area contributed by atoms with Crippen LogP contribution in [0.4, 0.5) is 4.39 Å². The summed E-state index contributed by atoms with van der Waals surface area (Å²) in [5.74, 6) is -0.661. The van der Waals surface area contributed by atoms with Gasteiger partial charge in [-0.3, -0.25) is 4.79 Å². The summed E-state index contributed by atoms with van der Waals surface area (Å²) in [6.45, 7) is 0.580. The van der Waals surface area contributed by atoms with Gasteiger partial charge < -0.3 is 9.84 Å². The van der Waals surface area contributed by atoms with Gasteiger partial charge in [-0.2, -0.15) is 12.7 Å². The average molecular weight is 441 g/mol. The highest BCUT2D eigenvalue weighted by atomic mass is 32.2. The third-order valence-corrected chi connectivity index (χ3v) is 7.70. The van der Waals surface area contributed by atoms with Gasteiger partial charge in [0.1, 0.15) is 11.6 Å². The molecule has 7 nitrogen and oxygen atoms in total. The molecule has 0 aromatic heterocycles. The van der Waals surface area contributed by atoms with Gasteiger partial charge >= 0.3 is 10.2 Å². The van der Waals surface area contributed by atoms with Crippen LogP contribution in [0.25, 0.3) is 0 Å². The Balaban J connectivity index is 1.49. The first-order chi connectivity index (χ1) is 14.3. The van der Waals surface area contributed by atoms with Crippen molar-refractivity contribution in [2.45, 2.75) is 63.4 Å². The number of amides is 1. The van der Waals surface area contributed by atoms with E-state index in [0.29, 0.717) is 24.7 Å². The molecule has 4 rings (SSSR count). The van der Waals surface area contributed by atoms with E-state index in [0.717, 1.165) is 35.6 Å². The minimum Gasteiger partial charge on any atom is -0.493 e. The molecule has 166 valence electrons. The summed E-state index contributed by atoms with van der Waals surface area (Å²) >= 11 is 0. The number of nitrogens with one attached hydrogen (secondary N) is 1.